The molecule has 4 aromatic rings. The molecule has 3 nitrogen and oxygen atoms in total. The number of benzene rings is 3. The number of aryl methyl sites for hydroxylation is 1. The van der Waals surface area contributed by atoms with Crippen LogP contribution in [0.25, 0.3) is 22.0 Å². The van der Waals surface area contributed by atoms with Crippen molar-refractivity contribution in [1.29, 1.82) is 0 Å². The molecule has 0 unspecified atom stereocenters. The van der Waals surface area contributed by atoms with E-state index in [9.17, 15) is 4.79 Å². The smallest absolute Gasteiger partial charge is 0.255 e. The van der Waals surface area contributed by atoms with E-state index < -0.39 is 0 Å². The van der Waals surface area contributed by atoms with Crippen molar-refractivity contribution in [3.63, 3.8) is 0 Å². The van der Waals surface area contributed by atoms with Crippen LogP contribution in [0.2, 0.25) is 0 Å². The molecule has 33 heavy (non-hydrogen) atoms. The number of hydrogen-bond acceptors (Lipinski definition) is 2. The van der Waals surface area contributed by atoms with Crippen LogP contribution in [0.3, 0.4) is 0 Å². The Morgan fingerprint density at radius 1 is 0.788 bits per heavy atom. The Balaban J connectivity index is 1.33. The molecule has 1 heterocycles. The normalized spacial score (nSPS) is 10.9. The van der Waals surface area contributed by atoms with Crippen LogP contribution in [0.4, 0.5) is 5.69 Å². The quantitative estimate of drug-likeness (QED) is 0.255. The molecule has 0 bridgehead atoms. The SMILES string of the molecule is CCCCCCCCc1ccc(-c2ccc(C(=O)Nc3cnc4ccccc4c3)cc2)cc1. The van der Waals surface area contributed by atoms with Crippen molar-refractivity contribution in [1.82, 2.24) is 4.98 Å². The van der Waals surface area contributed by atoms with E-state index in [1.54, 1.807) is 6.20 Å². The molecular weight excluding hydrogens is 404 g/mol. The number of nitrogens with zero attached hydrogens (tertiary/aromatic N) is 1. The molecular formula is C30H32N2O. The van der Waals surface area contributed by atoms with Crippen molar-refractivity contribution in [2.75, 3.05) is 5.32 Å². The van der Waals surface area contributed by atoms with Crippen LogP contribution in [0, 0.1) is 0 Å². The second-order valence-corrected chi connectivity index (χ2v) is 8.66. The molecule has 0 aliphatic carbocycles. The monoisotopic (exact) mass is 436 g/mol. The molecule has 0 saturated carbocycles. The Morgan fingerprint density at radius 3 is 2.21 bits per heavy atom. The number of unbranched alkanes of at least 4 members (excludes halogenated alkanes) is 5. The zero-order chi connectivity index (χ0) is 22.9. The summed E-state index contributed by atoms with van der Waals surface area (Å²) in [6, 6.07) is 26.4. The average Bonchev–Trinajstić information content (AvgIpc) is 2.86. The predicted molar refractivity (Wildman–Crippen MR) is 139 cm³/mol. The summed E-state index contributed by atoms with van der Waals surface area (Å²) in [5.41, 5.74) is 5.93. The summed E-state index contributed by atoms with van der Waals surface area (Å²) in [5.74, 6) is -0.132. The molecule has 4 rings (SSSR count). The van der Waals surface area contributed by atoms with E-state index in [4.69, 9.17) is 0 Å². The Kier molecular flexibility index (Phi) is 7.86. The highest BCUT2D eigenvalue weighted by Gasteiger charge is 2.08. The summed E-state index contributed by atoms with van der Waals surface area (Å²) in [4.78, 5) is 17.1. The van der Waals surface area contributed by atoms with Crippen LogP contribution in [0.5, 0.6) is 0 Å². The lowest BCUT2D eigenvalue weighted by Gasteiger charge is -2.08. The zero-order valence-electron chi connectivity index (χ0n) is 19.4. The van der Waals surface area contributed by atoms with E-state index in [0.29, 0.717) is 11.3 Å². The maximum atomic E-state index is 12.7. The molecule has 0 atom stereocenters. The molecule has 1 aromatic heterocycles. The van der Waals surface area contributed by atoms with Gasteiger partial charge in [-0.25, -0.2) is 0 Å². The average molecular weight is 437 g/mol. The maximum absolute atomic E-state index is 12.7. The molecule has 168 valence electrons. The number of aromatic nitrogens is 1. The summed E-state index contributed by atoms with van der Waals surface area (Å²) in [6.45, 7) is 2.26. The fourth-order valence-corrected chi connectivity index (χ4v) is 4.13. The Morgan fingerprint density at radius 2 is 1.45 bits per heavy atom. The van der Waals surface area contributed by atoms with Gasteiger partial charge in [0.25, 0.3) is 5.91 Å². The number of fused-ring (bicyclic) bond motifs is 1. The number of nitrogens with one attached hydrogen (secondary N) is 1. The number of pyridine rings is 1. The number of hydrogen-bond donors (Lipinski definition) is 1. The van der Waals surface area contributed by atoms with Crippen LogP contribution in [0.1, 0.15) is 61.4 Å². The first-order chi connectivity index (χ1) is 16.2. The van der Waals surface area contributed by atoms with Crippen molar-refractivity contribution >= 4 is 22.5 Å². The summed E-state index contributed by atoms with van der Waals surface area (Å²) in [7, 11) is 0. The minimum Gasteiger partial charge on any atom is -0.321 e. The van der Waals surface area contributed by atoms with Gasteiger partial charge in [0.1, 0.15) is 0 Å². The molecule has 0 aliphatic heterocycles. The number of para-hydroxylation sites is 1. The Labute approximate surface area is 196 Å². The topological polar surface area (TPSA) is 42.0 Å². The third-order valence-corrected chi connectivity index (χ3v) is 6.10. The molecule has 3 heteroatoms. The second-order valence-electron chi connectivity index (χ2n) is 8.66. The number of amides is 1. The van der Waals surface area contributed by atoms with Gasteiger partial charge < -0.3 is 5.32 Å². The van der Waals surface area contributed by atoms with Gasteiger partial charge in [-0.15, -0.1) is 0 Å². The lowest BCUT2D eigenvalue weighted by molar-refractivity contribution is 0.102. The first-order valence-corrected chi connectivity index (χ1v) is 12.1. The summed E-state index contributed by atoms with van der Waals surface area (Å²) in [5, 5.41) is 3.96. The molecule has 0 fully saturated rings. The van der Waals surface area contributed by atoms with Crippen LogP contribution < -0.4 is 5.32 Å². The van der Waals surface area contributed by atoms with E-state index >= 15 is 0 Å². The van der Waals surface area contributed by atoms with Crippen molar-refractivity contribution < 1.29 is 4.79 Å². The molecule has 1 amide bonds. The van der Waals surface area contributed by atoms with Crippen LogP contribution in [-0.4, -0.2) is 10.9 Å². The van der Waals surface area contributed by atoms with Crippen molar-refractivity contribution in [2.45, 2.75) is 51.9 Å². The Hall–Kier alpha value is -3.46. The molecule has 0 spiro atoms. The van der Waals surface area contributed by atoms with Crippen molar-refractivity contribution in [2.24, 2.45) is 0 Å². The van der Waals surface area contributed by atoms with Crippen molar-refractivity contribution in [3.8, 4) is 11.1 Å². The number of anilines is 1. The van der Waals surface area contributed by atoms with Crippen LogP contribution >= 0.6 is 0 Å². The highest BCUT2D eigenvalue weighted by molar-refractivity contribution is 6.05. The summed E-state index contributed by atoms with van der Waals surface area (Å²) >= 11 is 0. The molecule has 0 saturated heterocycles. The fourth-order valence-electron chi connectivity index (χ4n) is 4.13. The van der Waals surface area contributed by atoms with Gasteiger partial charge in [0.2, 0.25) is 0 Å². The largest absolute Gasteiger partial charge is 0.321 e. The number of carbonyl (C=O) groups excluding carboxylic acids is 1. The van der Waals surface area contributed by atoms with Gasteiger partial charge >= 0.3 is 0 Å². The lowest BCUT2D eigenvalue weighted by atomic mass is 10.00. The van der Waals surface area contributed by atoms with E-state index in [2.05, 4.69) is 41.5 Å². The van der Waals surface area contributed by atoms with Gasteiger partial charge in [-0.05, 0) is 53.8 Å². The molecule has 0 aliphatic rings. The van der Waals surface area contributed by atoms with E-state index in [1.807, 2.05) is 54.6 Å². The lowest BCUT2D eigenvalue weighted by Crippen LogP contribution is -2.11. The minimum absolute atomic E-state index is 0.132. The van der Waals surface area contributed by atoms with Gasteiger partial charge in [-0.1, -0.05) is 93.6 Å². The standard InChI is InChI=1S/C30H32N2O/c1-2-3-4-5-6-7-10-23-13-15-24(16-14-23)25-17-19-26(20-18-25)30(33)32-28-21-27-11-8-9-12-29(27)31-22-28/h8-9,11-22H,2-7,10H2,1H3,(H,32,33). The molecule has 3 aromatic carbocycles. The zero-order valence-corrected chi connectivity index (χ0v) is 19.4. The first kappa shape index (κ1) is 22.7. The fraction of sp³-hybridized carbons (Fsp3) is 0.267. The highest BCUT2D eigenvalue weighted by Crippen LogP contribution is 2.22. The highest BCUT2D eigenvalue weighted by atomic mass is 16.1. The Bertz CT molecular complexity index is 1180. The van der Waals surface area contributed by atoms with Gasteiger partial charge in [0.15, 0.2) is 0 Å². The summed E-state index contributed by atoms with van der Waals surface area (Å²) < 4.78 is 0. The second kappa shape index (κ2) is 11.4. The summed E-state index contributed by atoms with van der Waals surface area (Å²) in [6.07, 6.45) is 10.8. The third-order valence-electron chi connectivity index (χ3n) is 6.10. The third kappa shape index (κ3) is 6.29. The van der Waals surface area contributed by atoms with Gasteiger partial charge in [-0.3, -0.25) is 9.78 Å². The van der Waals surface area contributed by atoms with Crippen LogP contribution in [0.15, 0.2) is 85.1 Å². The van der Waals surface area contributed by atoms with E-state index in [-0.39, 0.29) is 5.91 Å². The molecule has 0 radical (unpaired) electrons. The number of carbonyl (C=O) groups is 1. The van der Waals surface area contributed by atoms with Crippen LogP contribution in [-0.2, 0) is 6.42 Å². The number of rotatable bonds is 10. The molecule has 1 N–H and O–H groups in total. The minimum atomic E-state index is -0.132. The first-order valence-electron chi connectivity index (χ1n) is 12.1. The van der Waals surface area contributed by atoms with Gasteiger partial charge in [0.05, 0.1) is 17.4 Å². The van der Waals surface area contributed by atoms with Crippen molar-refractivity contribution in [3.05, 3.63) is 96.2 Å². The van der Waals surface area contributed by atoms with E-state index in [0.717, 1.165) is 22.9 Å². The van der Waals surface area contributed by atoms with Gasteiger partial charge in [0, 0.05) is 10.9 Å². The predicted octanol–water partition coefficient (Wildman–Crippen LogP) is 8.06. The van der Waals surface area contributed by atoms with Gasteiger partial charge in [-0.2, -0.15) is 0 Å². The maximum Gasteiger partial charge on any atom is 0.255 e. The van der Waals surface area contributed by atoms with E-state index in [1.165, 1.54) is 49.7 Å².